The molecular formula is C27H35N3O6. The van der Waals surface area contributed by atoms with E-state index in [1.165, 1.54) is 6.92 Å². The van der Waals surface area contributed by atoms with Gasteiger partial charge in [-0.05, 0) is 36.6 Å². The number of rotatable bonds is 5. The number of carboxylic acid groups (broad SMARTS) is 1. The Labute approximate surface area is 212 Å². The van der Waals surface area contributed by atoms with Gasteiger partial charge in [0.25, 0.3) is 5.91 Å². The van der Waals surface area contributed by atoms with Crippen molar-refractivity contribution < 1.29 is 29.0 Å². The van der Waals surface area contributed by atoms with E-state index in [2.05, 4.69) is 17.1 Å². The van der Waals surface area contributed by atoms with Gasteiger partial charge in [-0.3, -0.25) is 14.5 Å². The minimum absolute atomic E-state index is 0.0470. The SMILES string of the molecule is CO[C@H]1CN(C)C(=O)c2ccc(NC(C)=O)cc2OC[C@@H](C)N(Cc2ccccc2C(=O)O)C[C@@H]1C. The molecule has 0 spiro atoms. The van der Waals surface area contributed by atoms with E-state index in [0.29, 0.717) is 42.2 Å². The fourth-order valence-corrected chi connectivity index (χ4v) is 4.43. The van der Waals surface area contributed by atoms with Gasteiger partial charge in [0, 0.05) is 58.5 Å². The fraction of sp³-hybridized carbons (Fsp3) is 0.444. The molecule has 2 N–H and O–H groups in total. The van der Waals surface area contributed by atoms with Crippen molar-refractivity contribution in [2.75, 3.05) is 39.2 Å². The number of hydrogen-bond acceptors (Lipinski definition) is 6. The predicted molar refractivity (Wildman–Crippen MR) is 136 cm³/mol. The Bertz CT molecular complexity index is 1100. The van der Waals surface area contributed by atoms with Crippen LogP contribution < -0.4 is 10.1 Å². The number of anilines is 1. The molecule has 0 aromatic heterocycles. The smallest absolute Gasteiger partial charge is 0.336 e. The molecule has 2 aromatic rings. The van der Waals surface area contributed by atoms with E-state index < -0.39 is 5.97 Å². The Hall–Kier alpha value is -3.43. The molecule has 9 nitrogen and oxygen atoms in total. The third-order valence-corrected chi connectivity index (χ3v) is 6.52. The van der Waals surface area contributed by atoms with Crippen molar-refractivity contribution in [3.63, 3.8) is 0 Å². The van der Waals surface area contributed by atoms with E-state index in [1.54, 1.807) is 49.4 Å². The van der Waals surface area contributed by atoms with E-state index >= 15 is 0 Å². The Kier molecular flexibility index (Phi) is 9.06. The number of carboxylic acids is 1. The number of methoxy groups -OCH3 is 1. The van der Waals surface area contributed by atoms with Crippen molar-refractivity contribution in [2.24, 2.45) is 5.92 Å². The van der Waals surface area contributed by atoms with Crippen LogP contribution in [0.4, 0.5) is 5.69 Å². The van der Waals surface area contributed by atoms with Gasteiger partial charge < -0.3 is 24.8 Å². The first-order valence-electron chi connectivity index (χ1n) is 12.0. The Balaban J connectivity index is 1.98. The van der Waals surface area contributed by atoms with Gasteiger partial charge in [-0.2, -0.15) is 0 Å². The maximum atomic E-state index is 13.3. The lowest BCUT2D eigenvalue weighted by molar-refractivity contribution is -0.114. The first-order chi connectivity index (χ1) is 17.1. The van der Waals surface area contributed by atoms with Crippen molar-refractivity contribution in [1.82, 2.24) is 9.80 Å². The molecule has 1 aliphatic rings. The molecule has 1 heterocycles. The molecule has 36 heavy (non-hydrogen) atoms. The van der Waals surface area contributed by atoms with Crippen LogP contribution >= 0.6 is 0 Å². The lowest BCUT2D eigenvalue weighted by atomic mass is 10.00. The summed E-state index contributed by atoms with van der Waals surface area (Å²) in [6.07, 6.45) is -0.231. The second-order valence-electron chi connectivity index (χ2n) is 9.38. The summed E-state index contributed by atoms with van der Waals surface area (Å²) in [6, 6.07) is 11.9. The highest BCUT2D eigenvalue weighted by Crippen LogP contribution is 2.27. The zero-order chi connectivity index (χ0) is 26.4. The first-order valence-corrected chi connectivity index (χ1v) is 12.0. The van der Waals surface area contributed by atoms with E-state index in [4.69, 9.17) is 9.47 Å². The summed E-state index contributed by atoms with van der Waals surface area (Å²) < 4.78 is 11.9. The van der Waals surface area contributed by atoms with Crippen LogP contribution in [0.5, 0.6) is 5.75 Å². The van der Waals surface area contributed by atoms with Crippen molar-refractivity contribution in [1.29, 1.82) is 0 Å². The van der Waals surface area contributed by atoms with Gasteiger partial charge >= 0.3 is 5.97 Å². The van der Waals surface area contributed by atoms with Gasteiger partial charge in [-0.1, -0.05) is 25.1 Å². The normalized spacial score (nSPS) is 21.5. The third-order valence-electron chi connectivity index (χ3n) is 6.52. The highest BCUT2D eigenvalue weighted by Gasteiger charge is 2.29. The number of benzene rings is 2. The summed E-state index contributed by atoms with van der Waals surface area (Å²) in [4.78, 5) is 40.4. The monoisotopic (exact) mass is 497 g/mol. The summed E-state index contributed by atoms with van der Waals surface area (Å²) in [5.41, 5.74) is 1.91. The van der Waals surface area contributed by atoms with Crippen LogP contribution in [-0.2, 0) is 16.1 Å². The molecule has 0 saturated carbocycles. The molecule has 0 unspecified atom stereocenters. The highest BCUT2D eigenvalue weighted by atomic mass is 16.5. The van der Waals surface area contributed by atoms with Gasteiger partial charge in [-0.15, -0.1) is 0 Å². The minimum atomic E-state index is -0.966. The number of hydrogen-bond donors (Lipinski definition) is 2. The molecule has 2 aromatic carbocycles. The van der Waals surface area contributed by atoms with Crippen LogP contribution in [0.3, 0.4) is 0 Å². The van der Waals surface area contributed by atoms with Gasteiger partial charge in [0.2, 0.25) is 5.91 Å². The van der Waals surface area contributed by atoms with E-state index in [0.717, 1.165) is 0 Å². The van der Waals surface area contributed by atoms with Gasteiger partial charge in [0.05, 0.1) is 17.2 Å². The molecule has 0 fully saturated rings. The van der Waals surface area contributed by atoms with Crippen LogP contribution in [0.15, 0.2) is 42.5 Å². The van der Waals surface area contributed by atoms with Crippen molar-refractivity contribution in [3.05, 3.63) is 59.2 Å². The average Bonchev–Trinajstić information content (AvgIpc) is 2.84. The molecule has 3 rings (SSSR count). The Morgan fingerprint density at radius 2 is 1.89 bits per heavy atom. The highest BCUT2D eigenvalue weighted by molar-refractivity contribution is 5.98. The van der Waals surface area contributed by atoms with Crippen LogP contribution in [0.2, 0.25) is 0 Å². The molecule has 0 aliphatic carbocycles. The Morgan fingerprint density at radius 3 is 2.56 bits per heavy atom. The number of nitrogens with zero attached hydrogens (tertiary/aromatic N) is 2. The maximum Gasteiger partial charge on any atom is 0.336 e. The van der Waals surface area contributed by atoms with Crippen LogP contribution in [-0.4, -0.2) is 78.7 Å². The van der Waals surface area contributed by atoms with Crippen LogP contribution in [0.1, 0.15) is 47.1 Å². The predicted octanol–water partition coefficient (Wildman–Crippen LogP) is 3.35. The number of ether oxygens (including phenoxy) is 2. The summed E-state index contributed by atoms with van der Waals surface area (Å²) in [7, 11) is 3.36. The van der Waals surface area contributed by atoms with Gasteiger partial charge in [-0.25, -0.2) is 4.79 Å². The fourth-order valence-electron chi connectivity index (χ4n) is 4.43. The molecule has 9 heteroatoms. The molecule has 1 aliphatic heterocycles. The van der Waals surface area contributed by atoms with Crippen molar-refractivity contribution >= 4 is 23.5 Å². The molecule has 0 bridgehead atoms. The molecule has 0 radical (unpaired) electrons. The number of carbonyl (C=O) groups is 3. The second-order valence-corrected chi connectivity index (χ2v) is 9.38. The van der Waals surface area contributed by atoms with Crippen LogP contribution in [0.25, 0.3) is 0 Å². The third kappa shape index (κ3) is 6.61. The number of fused-ring (bicyclic) bond motifs is 1. The number of amides is 2. The Morgan fingerprint density at radius 1 is 1.17 bits per heavy atom. The standard InChI is InChI=1S/C27H35N3O6/c1-17-13-30(14-20-8-6-7-9-22(20)27(33)34)18(2)16-36-24-12-21(28-19(3)31)10-11-23(24)26(32)29(4)15-25(17)35-5/h6-12,17-18,25H,13-16H2,1-5H3,(H,28,31)(H,33,34)/t17-,18+,25-/m0/s1. The molecule has 2 amide bonds. The van der Waals surface area contributed by atoms with E-state index in [1.807, 2.05) is 19.1 Å². The maximum absolute atomic E-state index is 13.3. The molecule has 194 valence electrons. The first kappa shape index (κ1) is 27.2. The summed E-state index contributed by atoms with van der Waals surface area (Å²) in [5, 5.41) is 12.4. The zero-order valence-electron chi connectivity index (χ0n) is 21.5. The van der Waals surface area contributed by atoms with Crippen molar-refractivity contribution in [3.8, 4) is 5.75 Å². The van der Waals surface area contributed by atoms with E-state index in [9.17, 15) is 19.5 Å². The lowest BCUT2D eigenvalue weighted by Gasteiger charge is -2.36. The average molecular weight is 498 g/mol. The van der Waals surface area contributed by atoms with E-state index in [-0.39, 0.29) is 42.0 Å². The van der Waals surface area contributed by atoms with Crippen molar-refractivity contribution in [2.45, 2.75) is 39.5 Å². The van der Waals surface area contributed by atoms with Gasteiger partial charge in [0.1, 0.15) is 12.4 Å². The zero-order valence-corrected chi connectivity index (χ0v) is 21.5. The molecule has 0 saturated heterocycles. The topological polar surface area (TPSA) is 108 Å². The number of likely N-dealkylation sites (N-methyl/N-ethyl adjacent to an activating group) is 1. The second kappa shape index (κ2) is 12.0. The van der Waals surface area contributed by atoms with Crippen LogP contribution in [0, 0.1) is 5.92 Å². The summed E-state index contributed by atoms with van der Waals surface area (Å²) in [5.74, 6) is -0.968. The lowest BCUT2D eigenvalue weighted by Crippen LogP contribution is -2.46. The quantitative estimate of drug-likeness (QED) is 0.652. The molecule has 3 atom stereocenters. The summed E-state index contributed by atoms with van der Waals surface area (Å²) in [6.45, 7) is 7.15. The number of aromatic carboxylic acids is 1. The number of nitrogens with one attached hydrogen (secondary N) is 1. The minimum Gasteiger partial charge on any atom is -0.491 e. The largest absolute Gasteiger partial charge is 0.491 e. The molecular weight excluding hydrogens is 462 g/mol. The number of carbonyl (C=O) groups excluding carboxylic acids is 2. The summed E-state index contributed by atoms with van der Waals surface area (Å²) >= 11 is 0. The van der Waals surface area contributed by atoms with Gasteiger partial charge in [0.15, 0.2) is 0 Å².